The van der Waals surface area contributed by atoms with Gasteiger partial charge < -0.3 is 5.11 Å². The third-order valence-corrected chi connectivity index (χ3v) is 4.34. The van der Waals surface area contributed by atoms with Gasteiger partial charge in [0.15, 0.2) is 5.75 Å². The summed E-state index contributed by atoms with van der Waals surface area (Å²) >= 11 is 3.08. The molecule has 7 heteroatoms. The lowest BCUT2D eigenvalue weighted by atomic mass is 10.3. The van der Waals surface area contributed by atoms with Gasteiger partial charge in [-0.1, -0.05) is 12.1 Å². The van der Waals surface area contributed by atoms with Crippen LogP contribution in [-0.4, -0.2) is 13.5 Å². The summed E-state index contributed by atoms with van der Waals surface area (Å²) in [5, 5.41) is 9.71. The van der Waals surface area contributed by atoms with Crippen LogP contribution in [0, 0.1) is 5.82 Å². The number of phenols is 1. The molecule has 0 bridgehead atoms. The predicted octanol–water partition coefficient (Wildman–Crippen LogP) is 3.09. The summed E-state index contributed by atoms with van der Waals surface area (Å²) in [6.07, 6.45) is 0. The molecule has 4 nitrogen and oxygen atoms in total. The van der Waals surface area contributed by atoms with E-state index in [-0.39, 0.29) is 16.3 Å². The highest BCUT2D eigenvalue weighted by Crippen LogP contribution is 2.32. The Kier molecular flexibility index (Phi) is 3.77. The zero-order valence-corrected chi connectivity index (χ0v) is 11.9. The van der Waals surface area contributed by atoms with Crippen LogP contribution in [-0.2, 0) is 10.0 Å². The first-order valence-electron chi connectivity index (χ1n) is 5.16. The number of nitrogens with one attached hydrogen (secondary N) is 1. The maximum atomic E-state index is 13.0. The van der Waals surface area contributed by atoms with Crippen LogP contribution in [0.2, 0.25) is 0 Å². The minimum atomic E-state index is -3.95. The zero-order chi connectivity index (χ0) is 14.0. The highest BCUT2D eigenvalue weighted by Gasteiger charge is 2.17. The Balaban J connectivity index is 2.39. The van der Waals surface area contributed by atoms with E-state index in [1.807, 2.05) is 0 Å². The molecule has 2 N–H and O–H groups in total. The van der Waals surface area contributed by atoms with Crippen LogP contribution in [0.1, 0.15) is 0 Å². The number of benzene rings is 2. The van der Waals surface area contributed by atoms with Gasteiger partial charge >= 0.3 is 0 Å². The summed E-state index contributed by atoms with van der Waals surface area (Å²) in [6.45, 7) is 0. The van der Waals surface area contributed by atoms with E-state index < -0.39 is 15.8 Å². The molecule has 0 saturated heterocycles. The Hall–Kier alpha value is -1.60. The van der Waals surface area contributed by atoms with E-state index >= 15 is 0 Å². The standard InChI is InChI=1S/C12H9BrFNO3S/c13-10-5-2-6-11(12(10)16)15-19(17,18)9-4-1-3-8(14)7-9/h1-7,15-16H. The van der Waals surface area contributed by atoms with E-state index in [2.05, 4.69) is 20.7 Å². The normalized spacial score (nSPS) is 11.3. The molecule has 0 aliphatic carbocycles. The van der Waals surface area contributed by atoms with Crippen LogP contribution in [0.15, 0.2) is 51.8 Å². The monoisotopic (exact) mass is 345 g/mol. The second kappa shape index (κ2) is 5.18. The number of sulfonamides is 1. The van der Waals surface area contributed by atoms with Crippen molar-refractivity contribution in [2.24, 2.45) is 0 Å². The van der Waals surface area contributed by atoms with Crippen LogP contribution < -0.4 is 4.72 Å². The molecule has 0 atom stereocenters. The highest BCUT2D eigenvalue weighted by atomic mass is 79.9. The first-order valence-corrected chi connectivity index (χ1v) is 7.43. The van der Waals surface area contributed by atoms with Gasteiger partial charge in [-0.25, -0.2) is 12.8 Å². The Labute approximate surface area is 118 Å². The third kappa shape index (κ3) is 3.05. The topological polar surface area (TPSA) is 66.4 Å². The lowest BCUT2D eigenvalue weighted by Gasteiger charge is -2.10. The van der Waals surface area contributed by atoms with Crippen LogP contribution in [0.3, 0.4) is 0 Å². The molecule has 2 aromatic rings. The number of hydrogen-bond donors (Lipinski definition) is 2. The molecule has 0 saturated carbocycles. The number of anilines is 1. The van der Waals surface area contributed by atoms with Gasteiger partial charge in [-0.3, -0.25) is 4.72 Å². The maximum Gasteiger partial charge on any atom is 0.262 e. The number of halogens is 2. The van der Waals surface area contributed by atoms with Crippen molar-refractivity contribution in [2.45, 2.75) is 4.90 Å². The van der Waals surface area contributed by atoms with Crippen molar-refractivity contribution in [3.63, 3.8) is 0 Å². The van der Waals surface area contributed by atoms with Crippen LogP contribution >= 0.6 is 15.9 Å². The van der Waals surface area contributed by atoms with Crippen molar-refractivity contribution >= 4 is 31.6 Å². The van der Waals surface area contributed by atoms with Gasteiger partial charge in [0.05, 0.1) is 15.1 Å². The van der Waals surface area contributed by atoms with Gasteiger partial charge in [-0.15, -0.1) is 0 Å². The molecule has 0 aromatic heterocycles. The van der Waals surface area contributed by atoms with Crippen LogP contribution in [0.5, 0.6) is 5.75 Å². The highest BCUT2D eigenvalue weighted by molar-refractivity contribution is 9.10. The number of hydrogen-bond acceptors (Lipinski definition) is 3. The molecule has 2 rings (SSSR count). The molecule has 0 heterocycles. The summed E-state index contributed by atoms with van der Waals surface area (Å²) in [5.41, 5.74) is 0.0126. The van der Waals surface area contributed by atoms with Gasteiger partial charge in [0.1, 0.15) is 5.82 Å². The lowest BCUT2D eigenvalue weighted by Crippen LogP contribution is -2.13. The summed E-state index contributed by atoms with van der Waals surface area (Å²) < 4.78 is 39.6. The van der Waals surface area contributed by atoms with E-state index in [0.29, 0.717) is 4.47 Å². The van der Waals surface area contributed by atoms with E-state index in [0.717, 1.165) is 12.1 Å². The van der Waals surface area contributed by atoms with Gasteiger partial charge in [0.2, 0.25) is 0 Å². The van der Waals surface area contributed by atoms with E-state index in [1.54, 1.807) is 12.1 Å². The predicted molar refractivity (Wildman–Crippen MR) is 73.0 cm³/mol. The maximum absolute atomic E-state index is 13.0. The van der Waals surface area contributed by atoms with Gasteiger partial charge in [-0.05, 0) is 46.3 Å². The summed E-state index contributed by atoms with van der Waals surface area (Å²) in [5.74, 6) is -0.885. The number of phenolic OH excluding ortho intramolecular Hbond substituents is 1. The number of aromatic hydroxyl groups is 1. The molecule has 100 valence electrons. The van der Waals surface area contributed by atoms with Crippen molar-refractivity contribution in [1.82, 2.24) is 0 Å². The zero-order valence-electron chi connectivity index (χ0n) is 9.47. The third-order valence-electron chi connectivity index (χ3n) is 2.34. The molecular formula is C12H9BrFNO3S. The fourth-order valence-electron chi connectivity index (χ4n) is 1.44. The molecule has 0 radical (unpaired) electrons. The quantitative estimate of drug-likeness (QED) is 0.840. The minimum absolute atomic E-state index is 0.0126. The lowest BCUT2D eigenvalue weighted by molar-refractivity contribution is 0.474. The average Bonchev–Trinajstić information content (AvgIpc) is 2.35. The fourth-order valence-corrected chi connectivity index (χ4v) is 2.90. The summed E-state index contributed by atoms with van der Waals surface area (Å²) in [7, 11) is -3.95. The van der Waals surface area contributed by atoms with Crippen molar-refractivity contribution in [3.05, 3.63) is 52.8 Å². The van der Waals surface area contributed by atoms with E-state index in [1.165, 1.54) is 18.2 Å². The SMILES string of the molecule is O=S(=O)(Nc1cccc(Br)c1O)c1cccc(F)c1. The first-order chi connectivity index (χ1) is 8.90. The first kappa shape index (κ1) is 13.8. The summed E-state index contributed by atoms with van der Waals surface area (Å²) in [6, 6.07) is 9.14. The molecular weight excluding hydrogens is 337 g/mol. The Bertz CT molecular complexity index is 719. The van der Waals surface area contributed by atoms with E-state index in [9.17, 15) is 17.9 Å². The second-order valence-electron chi connectivity index (χ2n) is 3.70. The molecule has 0 amide bonds. The van der Waals surface area contributed by atoms with Gasteiger partial charge in [0.25, 0.3) is 10.0 Å². The average molecular weight is 346 g/mol. The molecule has 0 fully saturated rings. The molecule has 0 aliphatic heterocycles. The van der Waals surface area contributed by atoms with Crippen molar-refractivity contribution in [1.29, 1.82) is 0 Å². The minimum Gasteiger partial charge on any atom is -0.505 e. The molecule has 19 heavy (non-hydrogen) atoms. The molecule has 0 spiro atoms. The summed E-state index contributed by atoms with van der Waals surface area (Å²) in [4.78, 5) is -0.216. The smallest absolute Gasteiger partial charge is 0.262 e. The van der Waals surface area contributed by atoms with E-state index in [4.69, 9.17) is 0 Å². The Morgan fingerprint density at radius 2 is 1.84 bits per heavy atom. The number of rotatable bonds is 3. The molecule has 0 aliphatic rings. The molecule has 2 aromatic carbocycles. The fraction of sp³-hybridized carbons (Fsp3) is 0. The van der Waals surface area contributed by atoms with Gasteiger partial charge in [0, 0.05) is 0 Å². The van der Waals surface area contributed by atoms with Crippen molar-refractivity contribution in [2.75, 3.05) is 4.72 Å². The Morgan fingerprint density at radius 1 is 1.16 bits per heavy atom. The van der Waals surface area contributed by atoms with Gasteiger partial charge in [-0.2, -0.15) is 0 Å². The Morgan fingerprint density at radius 3 is 2.53 bits per heavy atom. The van der Waals surface area contributed by atoms with Crippen molar-refractivity contribution < 1.29 is 17.9 Å². The van der Waals surface area contributed by atoms with Crippen molar-refractivity contribution in [3.8, 4) is 5.75 Å². The van der Waals surface area contributed by atoms with Crippen LogP contribution in [0.25, 0.3) is 0 Å². The second-order valence-corrected chi connectivity index (χ2v) is 6.24. The van der Waals surface area contributed by atoms with Crippen LogP contribution in [0.4, 0.5) is 10.1 Å². The largest absolute Gasteiger partial charge is 0.505 e. The number of para-hydroxylation sites is 1. The molecule has 0 unspecified atom stereocenters.